The van der Waals surface area contributed by atoms with Gasteiger partial charge in [-0.05, 0) is 90.2 Å². The SMILES string of the molecule is C[C@@H](c1ccc(B2OC(C)(C)C(C)(C)O2)cc1)N1CCCC(C(C)(C)C#N)C[C@@H](c2ccccc2)OC1=O. The number of hydrogen-bond acceptors (Lipinski definition) is 5. The molecule has 7 heteroatoms. The maximum Gasteiger partial charge on any atom is 0.494 e. The number of ether oxygens (including phenoxy) is 1. The van der Waals surface area contributed by atoms with Gasteiger partial charge in [-0.15, -0.1) is 0 Å². The molecule has 2 heterocycles. The summed E-state index contributed by atoms with van der Waals surface area (Å²) in [4.78, 5) is 15.4. The molecule has 1 unspecified atom stereocenters. The summed E-state index contributed by atoms with van der Waals surface area (Å²) in [6.45, 7) is 14.8. The summed E-state index contributed by atoms with van der Waals surface area (Å²) >= 11 is 0. The third kappa shape index (κ3) is 5.77. The Morgan fingerprint density at radius 3 is 2.21 bits per heavy atom. The number of cyclic esters (lactones) is 1. The maximum absolute atomic E-state index is 13.6. The molecule has 1 amide bonds. The van der Waals surface area contributed by atoms with Crippen molar-refractivity contribution in [2.45, 2.75) is 91.1 Å². The summed E-state index contributed by atoms with van der Waals surface area (Å²) in [5.74, 6) is 0.111. The van der Waals surface area contributed by atoms with Gasteiger partial charge < -0.3 is 18.9 Å². The summed E-state index contributed by atoms with van der Waals surface area (Å²) in [6.07, 6.45) is 1.56. The quantitative estimate of drug-likeness (QED) is 0.420. The predicted molar refractivity (Wildman–Crippen MR) is 150 cm³/mol. The predicted octanol–water partition coefficient (Wildman–Crippen LogP) is 6.58. The van der Waals surface area contributed by atoms with Crippen LogP contribution in [0.25, 0.3) is 0 Å². The third-order valence-corrected chi connectivity index (χ3v) is 8.82. The van der Waals surface area contributed by atoms with E-state index in [0.29, 0.717) is 13.0 Å². The van der Waals surface area contributed by atoms with E-state index in [2.05, 4.69) is 6.07 Å². The molecule has 202 valence electrons. The molecule has 0 aliphatic carbocycles. The Bertz CT molecular complexity index is 1140. The van der Waals surface area contributed by atoms with Gasteiger partial charge in [-0.25, -0.2) is 4.79 Å². The first-order valence-electron chi connectivity index (χ1n) is 13.7. The van der Waals surface area contributed by atoms with Crippen molar-refractivity contribution in [3.8, 4) is 6.07 Å². The Labute approximate surface area is 228 Å². The number of benzene rings is 2. The van der Waals surface area contributed by atoms with Crippen LogP contribution in [-0.2, 0) is 14.0 Å². The van der Waals surface area contributed by atoms with Crippen molar-refractivity contribution in [3.63, 3.8) is 0 Å². The summed E-state index contributed by atoms with van der Waals surface area (Å²) in [7, 11) is -0.424. The monoisotopic (exact) mass is 516 g/mol. The van der Waals surface area contributed by atoms with Crippen LogP contribution in [0.1, 0.15) is 91.0 Å². The van der Waals surface area contributed by atoms with Crippen molar-refractivity contribution in [1.29, 1.82) is 5.26 Å². The Morgan fingerprint density at radius 2 is 1.63 bits per heavy atom. The molecule has 0 spiro atoms. The first kappa shape index (κ1) is 28.2. The van der Waals surface area contributed by atoms with Gasteiger partial charge in [0, 0.05) is 6.54 Å². The number of hydrogen-bond donors (Lipinski definition) is 0. The van der Waals surface area contributed by atoms with Gasteiger partial charge in [-0.3, -0.25) is 0 Å². The fraction of sp³-hybridized carbons (Fsp3) is 0.548. The number of rotatable bonds is 5. The number of carbonyl (C=O) groups excluding carboxylic acids is 1. The van der Waals surface area contributed by atoms with Crippen molar-refractivity contribution in [3.05, 3.63) is 65.7 Å². The second-order valence-electron chi connectivity index (χ2n) is 12.3. The Hall–Kier alpha value is -2.82. The van der Waals surface area contributed by atoms with Crippen LogP contribution in [0.15, 0.2) is 54.6 Å². The Kier molecular flexibility index (Phi) is 7.98. The summed E-state index contributed by atoms with van der Waals surface area (Å²) in [5, 5.41) is 9.85. The van der Waals surface area contributed by atoms with Crippen LogP contribution in [0.2, 0.25) is 0 Å². The molecule has 2 aliphatic rings. The smallest absolute Gasteiger partial charge is 0.441 e. The van der Waals surface area contributed by atoms with Crippen molar-refractivity contribution in [2.24, 2.45) is 11.3 Å². The molecule has 2 aromatic rings. The van der Waals surface area contributed by atoms with Gasteiger partial charge in [-0.2, -0.15) is 5.26 Å². The lowest BCUT2D eigenvalue weighted by Crippen LogP contribution is -2.41. The van der Waals surface area contributed by atoms with Gasteiger partial charge in [0.05, 0.1) is 28.7 Å². The van der Waals surface area contributed by atoms with Gasteiger partial charge in [-0.1, -0.05) is 54.6 Å². The third-order valence-electron chi connectivity index (χ3n) is 8.82. The summed E-state index contributed by atoms with van der Waals surface area (Å²) in [5.41, 5.74) is 1.63. The molecule has 0 radical (unpaired) electrons. The average molecular weight is 516 g/mol. The second-order valence-corrected chi connectivity index (χ2v) is 12.3. The van der Waals surface area contributed by atoms with Gasteiger partial charge in [0.1, 0.15) is 6.10 Å². The van der Waals surface area contributed by atoms with Crippen LogP contribution in [0, 0.1) is 22.7 Å². The molecule has 2 fully saturated rings. The lowest BCUT2D eigenvalue weighted by molar-refractivity contribution is 0.00578. The van der Waals surface area contributed by atoms with Gasteiger partial charge in [0.2, 0.25) is 0 Å². The van der Waals surface area contributed by atoms with E-state index >= 15 is 0 Å². The first-order chi connectivity index (χ1) is 17.8. The highest BCUT2D eigenvalue weighted by atomic mass is 16.7. The standard InChI is InChI=1S/C31H41BN2O4/c1-22(23-15-17-26(18-16-23)32-37-30(4,5)31(6,7)38-32)34-19-11-14-25(29(2,3)21-33)20-27(36-28(34)35)24-12-9-8-10-13-24/h8-10,12-13,15-18,22,25,27H,11,14,19-20H2,1-7H3/t22-,25?,27-/m0/s1. The van der Waals surface area contributed by atoms with Crippen LogP contribution in [0.5, 0.6) is 0 Å². The van der Waals surface area contributed by atoms with E-state index < -0.39 is 29.8 Å². The minimum absolute atomic E-state index is 0.111. The number of carbonyl (C=O) groups is 1. The molecule has 38 heavy (non-hydrogen) atoms. The van der Waals surface area contributed by atoms with E-state index in [-0.39, 0.29) is 18.1 Å². The van der Waals surface area contributed by atoms with E-state index in [9.17, 15) is 10.1 Å². The molecule has 0 saturated carbocycles. The zero-order chi connectivity index (χ0) is 27.7. The van der Waals surface area contributed by atoms with E-state index in [1.165, 1.54) is 0 Å². The minimum atomic E-state index is -0.510. The molecule has 2 aliphatic heterocycles. The molecule has 0 aromatic heterocycles. The maximum atomic E-state index is 13.6. The normalized spacial score (nSPS) is 24.5. The van der Waals surface area contributed by atoms with E-state index in [1.807, 2.05) is 108 Å². The minimum Gasteiger partial charge on any atom is -0.441 e. The Morgan fingerprint density at radius 1 is 1.03 bits per heavy atom. The summed E-state index contributed by atoms with van der Waals surface area (Å²) < 4.78 is 18.6. The van der Waals surface area contributed by atoms with E-state index in [1.54, 1.807) is 0 Å². The number of amides is 1. The van der Waals surface area contributed by atoms with Crippen LogP contribution in [0.4, 0.5) is 4.79 Å². The number of nitrogens with zero attached hydrogens (tertiary/aromatic N) is 2. The highest BCUT2D eigenvalue weighted by molar-refractivity contribution is 6.62. The topological polar surface area (TPSA) is 71.8 Å². The van der Waals surface area contributed by atoms with Crippen molar-refractivity contribution in [1.82, 2.24) is 4.90 Å². The lowest BCUT2D eigenvalue weighted by atomic mass is 9.74. The zero-order valence-corrected chi connectivity index (χ0v) is 23.9. The lowest BCUT2D eigenvalue weighted by Gasteiger charge is -2.32. The van der Waals surface area contributed by atoms with Crippen LogP contribution >= 0.6 is 0 Å². The van der Waals surface area contributed by atoms with E-state index in [4.69, 9.17) is 14.0 Å². The van der Waals surface area contributed by atoms with Crippen molar-refractivity contribution in [2.75, 3.05) is 6.54 Å². The van der Waals surface area contributed by atoms with Crippen LogP contribution in [0.3, 0.4) is 0 Å². The van der Waals surface area contributed by atoms with Gasteiger partial charge in [0.15, 0.2) is 0 Å². The first-order valence-corrected chi connectivity index (χ1v) is 13.7. The van der Waals surface area contributed by atoms with Crippen molar-refractivity contribution >= 4 is 18.7 Å². The molecule has 3 atom stereocenters. The number of nitriles is 1. The molecule has 2 aromatic carbocycles. The highest BCUT2D eigenvalue weighted by Gasteiger charge is 2.51. The molecule has 0 N–H and O–H groups in total. The van der Waals surface area contributed by atoms with Crippen molar-refractivity contribution < 1.29 is 18.8 Å². The fourth-order valence-corrected chi connectivity index (χ4v) is 5.27. The summed E-state index contributed by atoms with van der Waals surface area (Å²) in [6, 6.07) is 20.3. The largest absolute Gasteiger partial charge is 0.494 e. The highest BCUT2D eigenvalue weighted by Crippen LogP contribution is 2.40. The van der Waals surface area contributed by atoms with Gasteiger partial charge in [0.25, 0.3) is 0 Å². The molecular formula is C31H41BN2O4. The Balaban J connectivity index is 1.55. The molecule has 0 bridgehead atoms. The zero-order valence-electron chi connectivity index (χ0n) is 23.9. The molecule has 2 saturated heterocycles. The van der Waals surface area contributed by atoms with Gasteiger partial charge >= 0.3 is 13.2 Å². The fourth-order valence-electron chi connectivity index (χ4n) is 5.27. The van der Waals surface area contributed by atoms with E-state index in [0.717, 1.165) is 29.4 Å². The van der Waals surface area contributed by atoms with Crippen LogP contribution < -0.4 is 5.46 Å². The van der Waals surface area contributed by atoms with Crippen LogP contribution in [-0.4, -0.2) is 35.9 Å². The molecule has 6 nitrogen and oxygen atoms in total. The molecule has 4 rings (SSSR count). The average Bonchev–Trinajstić information content (AvgIpc) is 3.16. The molecular weight excluding hydrogens is 475 g/mol. The second kappa shape index (κ2) is 10.7.